The van der Waals surface area contributed by atoms with Gasteiger partial charge in [-0.05, 0) is 19.3 Å². The van der Waals surface area contributed by atoms with Crippen LogP contribution in [0.4, 0.5) is 0 Å². The Bertz CT molecular complexity index is 1170. The fourth-order valence-electron chi connectivity index (χ4n) is 10.3. The van der Waals surface area contributed by atoms with Gasteiger partial charge < -0.3 is 25.1 Å². The normalized spacial score (nSPS) is 12.8. The lowest BCUT2D eigenvalue weighted by atomic mass is 10.0. The molecule has 3 atom stereocenters. The predicted molar refractivity (Wildman–Crippen MR) is 325 cm³/mol. The van der Waals surface area contributed by atoms with Crippen molar-refractivity contribution in [3.8, 4) is 0 Å². The van der Waals surface area contributed by atoms with Crippen LogP contribution in [0.2, 0.25) is 0 Å². The van der Waals surface area contributed by atoms with Crippen LogP contribution in [0, 0.1) is 0 Å². The van der Waals surface area contributed by atoms with Gasteiger partial charge >= 0.3 is 17.9 Å². The van der Waals surface area contributed by atoms with Crippen LogP contribution < -0.4 is 5.73 Å². The van der Waals surface area contributed by atoms with E-state index in [1.54, 1.807) is 0 Å². The highest BCUT2D eigenvalue weighted by atomic mass is 32.2. The first-order valence-electron chi connectivity index (χ1n) is 33.4. The molecule has 0 aromatic carbocycles. The zero-order chi connectivity index (χ0) is 54.6. The number of thioether (sulfide) groups is 1. The fraction of sp³-hybridized carbons (Fsp3) is 0.955. The van der Waals surface area contributed by atoms with Gasteiger partial charge in [0.15, 0.2) is 0 Å². The maximum absolute atomic E-state index is 13.0. The molecule has 0 aromatic rings. The Hall–Kier alpha value is -1.32. The van der Waals surface area contributed by atoms with E-state index in [4.69, 9.17) is 19.9 Å². The summed E-state index contributed by atoms with van der Waals surface area (Å²) in [6, 6.07) is -0.922. The molecule has 0 saturated carbocycles. The van der Waals surface area contributed by atoms with E-state index in [0.29, 0.717) is 25.0 Å². The van der Waals surface area contributed by atoms with Crippen molar-refractivity contribution in [3.05, 3.63) is 0 Å². The van der Waals surface area contributed by atoms with E-state index in [9.17, 15) is 19.5 Å². The number of hydrogen-bond donors (Lipinski definition) is 2. The summed E-state index contributed by atoms with van der Waals surface area (Å²) in [5.41, 5.74) is 6.19. The predicted octanol–water partition coefficient (Wildman–Crippen LogP) is 20.5. The van der Waals surface area contributed by atoms with E-state index in [2.05, 4.69) is 20.8 Å². The lowest BCUT2D eigenvalue weighted by Gasteiger charge is -2.19. The Morgan fingerprint density at radius 2 is 0.627 bits per heavy atom. The van der Waals surface area contributed by atoms with Crippen molar-refractivity contribution in [2.45, 2.75) is 386 Å². The average Bonchev–Trinajstić information content (AvgIpc) is 3.40. The molecule has 0 aromatic heterocycles. The number of carbonyl (C=O) groups is 3. The molecule has 0 bridgehead atoms. The summed E-state index contributed by atoms with van der Waals surface area (Å²) in [6.45, 7) is 6.82. The van der Waals surface area contributed by atoms with Crippen LogP contribution in [0.5, 0.6) is 0 Å². The molecule has 1 unspecified atom stereocenters. The standard InChI is InChI=1S/C66H129NO7S/c1-4-7-10-13-16-19-22-25-27-29-31-33-35-38-40-43-46-49-52-55-63(68)72-58-61(73-64(69)56-53-50-47-44-42-39-36-34-32-30-28-26-23-20-17-14-11-8-5-2)59-75-60-62(67)66(71)74-65(70)57-54-51-48-45-41-37-24-21-18-15-12-9-6-3/h61-62,65,70H,4-60,67H2,1-3H3/t61-,62+,65?/m1/s1. The summed E-state index contributed by atoms with van der Waals surface area (Å²) in [5, 5.41) is 10.4. The van der Waals surface area contributed by atoms with Gasteiger partial charge in [0.05, 0.1) is 0 Å². The second-order valence-electron chi connectivity index (χ2n) is 23.1. The first-order valence-corrected chi connectivity index (χ1v) is 34.6. The number of ether oxygens (including phenoxy) is 3. The average molecular weight is 1080 g/mol. The molecule has 8 nitrogen and oxygen atoms in total. The summed E-state index contributed by atoms with van der Waals surface area (Å²) in [6.07, 6.45) is 65.2. The molecule has 75 heavy (non-hydrogen) atoms. The molecule has 9 heteroatoms. The SMILES string of the molecule is CCCCCCCCCCCCCCCCCCCCCC(=O)OC[C@H](CSC[C@H](N)C(=O)OC(O)CCCCCCCCCCCCCCC)OC(=O)CCCCCCCCCCCCCCCCCCCCC. The molecule has 0 amide bonds. The van der Waals surface area contributed by atoms with Crippen LogP contribution in [0.25, 0.3) is 0 Å². The maximum atomic E-state index is 13.0. The largest absolute Gasteiger partial charge is 0.462 e. The fourth-order valence-corrected chi connectivity index (χ4v) is 11.3. The Balaban J connectivity index is 4.43. The van der Waals surface area contributed by atoms with Crippen molar-refractivity contribution in [3.63, 3.8) is 0 Å². The quantitative estimate of drug-likeness (QED) is 0.0265. The van der Waals surface area contributed by atoms with E-state index < -0.39 is 24.4 Å². The van der Waals surface area contributed by atoms with E-state index in [1.165, 1.54) is 281 Å². The number of aliphatic hydroxyl groups excluding tert-OH is 1. The lowest BCUT2D eigenvalue weighted by molar-refractivity contribution is -0.169. The number of aliphatic hydroxyl groups is 1. The molecule has 0 spiro atoms. The molecule has 0 saturated heterocycles. The Labute approximate surface area is 471 Å². The van der Waals surface area contributed by atoms with Crippen LogP contribution in [-0.2, 0) is 28.6 Å². The van der Waals surface area contributed by atoms with E-state index >= 15 is 0 Å². The monoisotopic (exact) mass is 1080 g/mol. The van der Waals surface area contributed by atoms with Gasteiger partial charge in [-0.1, -0.05) is 329 Å². The molecular weight excluding hydrogens is 951 g/mol. The second-order valence-corrected chi connectivity index (χ2v) is 24.2. The molecule has 0 aliphatic rings. The molecule has 0 aliphatic heterocycles. The summed E-state index contributed by atoms with van der Waals surface area (Å²) >= 11 is 1.37. The number of rotatable bonds is 63. The highest BCUT2D eigenvalue weighted by Crippen LogP contribution is 2.19. The highest BCUT2D eigenvalue weighted by molar-refractivity contribution is 7.99. The van der Waals surface area contributed by atoms with Crippen LogP contribution in [0.15, 0.2) is 0 Å². The van der Waals surface area contributed by atoms with Gasteiger partial charge in [-0.2, -0.15) is 11.8 Å². The zero-order valence-corrected chi connectivity index (χ0v) is 51.2. The maximum Gasteiger partial charge on any atom is 0.326 e. The van der Waals surface area contributed by atoms with Gasteiger partial charge in [-0.25, -0.2) is 0 Å². The first-order chi connectivity index (χ1) is 36.8. The van der Waals surface area contributed by atoms with Crippen LogP contribution >= 0.6 is 11.8 Å². The Morgan fingerprint density at radius 1 is 0.360 bits per heavy atom. The van der Waals surface area contributed by atoms with Crippen LogP contribution in [0.1, 0.15) is 367 Å². The van der Waals surface area contributed by atoms with Crippen molar-refractivity contribution in [1.82, 2.24) is 0 Å². The molecule has 0 heterocycles. The van der Waals surface area contributed by atoms with Crippen molar-refractivity contribution in [2.75, 3.05) is 18.1 Å². The lowest BCUT2D eigenvalue weighted by Crippen LogP contribution is -2.37. The number of hydrogen-bond acceptors (Lipinski definition) is 9. The van der Waals surface area contributed by atoms with Crippen molar-refractivity contribution >= 4 is 29.7 Å². The van der Waals surface area contributed by atoms with Gasteiger partial charge in [0.25, 0.3) is 0 Å². The molecule has 446 valence electrons. The zero-order valence-electron chi connectivity index (χ0n) is 50.4. The summed E-state index contributed by atoms with van der Waals surface area (Å²) in [5.74, 6) is -0.578. The number of esters is 3. The van der Waals surface area contributed by atoms with Gasteiger partial charge in [-0.3, -0.25) is 14.4 Å². The minimum atomic E-state index is -1.16. The van der Waals surface area contributed by atoms with Crippen molar-refractivity contribution < 1.29 is 33.7 Å². The third-order valence-electron chi connectivity index (χ3n) is 15.4. The first kappa shape index (κ1) is 73.7. The second kappa shape index (κ2) is 61.9. The minimum Gasteiger partial charge on any atom is -0.462 e. The van der Waals surface area contributed by atoms with Crippen molar-refractivity contribution in [2.24, 2.45) is 5.73 Å². The highest BCUT2D eigenvalue weighted by Gasteiger charge is 2.22. The van der Waals surface area contributed by atoms with Crippen LogP contribution in [-0.4, -0.2) is 59.6 Å². The number of nitrogens with two attached hydrogens (primary N) is 1. The number of unbranched alkanes of at least 4 members (excludes halogenated alkanes) is 48. The molecule has 0 radical (unpaired) electrons. The summed E-state index contributed by atoms with van der Waals surface area (Å²) < 4.78 is 16.8. The van der Waals surface area contributed by atoms with E-state index in [-0.39, 0.29) is 24.3 Å². The van der Waals surface area contributed by atoms with Gasteiger partial charge in [0.2, 0.25) is 6.29 Å². The van der Waals surface area contributed by atoms with Crippen LogP contribution in [0.3, 0.4) is 0 Å². The van der Waals surface area contributed by atoms with Crippen molar-refractivity contribution in [1.29, 1.82) is 0 Å². The number of carbonyl (C=O) groups excluding carboxylic acids is 3. The topological polar surface area (TPSA) is 125 Å². The molecule has 0 rings (SSSR count). The third-order valence-corrected chi connectivity index (χ3v) is 16.6. The van der Waals surface area contributed by atoms with Gasteiger partial charge in [0.1, 0.15) is 18.8 Å². The summed E-state index contributed by atoms with van der Waals surface area (Å²) in [7, 11) is 0. The molecular formula is C66H129NO7S. The van der Waals surface area contributed by atoms with Gasteiger partial charge in [0, 0.05) is 30.8 Å². The molecule has 3 N–H and O–H groups in total. The Kier molecular flexibility index (Phi) is 60.8. The third kappa shape index (κ3) is 58.7. The summed E-state index contributed by atoms with van der Waals surface area (Å²) in [4.78, 5) is 38.5. The Morgan fingerprint density at radius 3 is 0.933 bits per heavy atom. The smallest absolute Gasteiger partial charge is 0.326 e. The minimum absolute atomic E-state index is 0.00653. The van der Waals surface area contributed by atoms with E-state index in [1.807, 2.05) is 0 Å². The molecule has 0 aliphatic carbocycles. The van der Waals surface area contributed by atoms with Gasteiger partial charge in [-0.15, -0.1) is 0 Å². The molecule has 0 fully saturated rings. The van der Waals surface area contributed by atoms with E-state index in [0.717, 1.165) is 57.8 Å².